The summed E-state index contributed by atoms with van der Waals surface area (Å²) >= 11 is 0. The Kier molecular flexibility index (Phi) is 4.91. The molecule has 0 aliphatic heterocycles. The molecule has 24 heavy (non-hydrogen) atoms. The fourth-order valence-electron chi connectivity index (χ4n) is 2.33. The molecule has 2 rings (SSSR count). The lowest BCUT2D eigenvalue weighted by molar-refractivity contribution is -0.137. The van der Waals surface area contributed by atoms with Crippen LogP contribution >= 0.6 is 0 Å². The molecule has 128 valence electrons. The second-order valence-electron chi connectivity index (χ2n) is 6.53. The van der Waals surface area contributed by atoms with Gasteiger partial charge < -0.3 is 5.32 Å². The van der Waals surface area contributed by atoms with Crippen molar-refractivity contribution in [1.29, 1.82) is 0 Å². The molecule has 0 aliphatic carbocycles. The van der Waals surface area contributed by atoms with E-state index < -0.39 is 29.1 Å². The van der Waals surface area contributed by atoms with Gasteiger partial charge >= 0.3 is 6.18 Å². The van der Waals surface area contributed by atoms with Crippen molar-refractivity contribution >= 4 is 5.91 Å². The molecular weight excluding hydrogens is 319 g/mol. The minimum atomic E-state index is -4.43. The normalized spacial score (nSPS) is 13.4. The zero-order valence-electron chi connectivity index (χ0n) is 13.6. The third-order valence-corrected chi connectivity index (χ3v) is 3.54. The smallest absolute Gasteiger partial charge is 0.345 e. The highest BCUT2D eigenvalue weighted by Crippen LogP contribution is 2.36. The van der Waals surface area contributed by atoms with Crippen molar-refractivity contribution in [3.8, 4) is 0 Å². The second kappa shape index (κ2) is 6.59. The Hall–Kier alpha value is -2.44. The number of amides is 1. The summed E-state index contributed by atoms with van der Waals surface area (Å²) in [7, 11) is 0. The topological polar surface area (TPSA) is 54.9 Å². The van der Waals surface area contributed by atoms with Crippen LogP contribution in [-0.4, -0.2) is 16.1 Å². The van der Waals surface area contributed by atoms with Gasteiger partial charge in [-0.3, -0.25) is 4.79 Å². The fourth-order valence-corrected chi connectivity index (χ4v) is 2.33. The van der Waals surface area contributed by atoms with E-state index in [0.717, 1.165) is 12.1 Å². The van der Waals surface area contributed by atoms with Gasteiger partial charge in [-0.25, -0.2) is 0 Å². The molecule has 7 heteroatoms. The van der Waals surface area contributed by atoms with Gasteiger partial charge in [0, 0.05) is 0 Å². The summed E-state index contributed by atoms with van der Waals surface area (Å²) in [4.78, 5) is 12.4. The molecule has 1 amide bonds. The Morgan fingerprint density at radius 3 is 2.38 bits per heavy atom. The van der Waals surface area contributed by atoms with Gasteiger partial charge in [-0.15, -0.1) is 0 Å². The quantitative estimate of drug-likeness (QED) is 0.920. The second-order valence-corrected chi connectivity index (χ2v) is 6.53. The number of nitrogens with zero attached hydrogens (tertiary/aromatic N) is 2. The van der Waals surface area contributed by atoms with E-state index in [1.165, 1.54) is 24.5 Å². The van der Waals surface area contributed by atoms with Gasteiger partial charge in [-0.05, 0) is 29.2 Å². The first-order valence-electron chi connectivity index (χ1n) is 7.34. The van der Waals surface area contributed by atoms with Gasteiger partial charge in [0.15, 0.2) is 0 Å². The number of hydrogen-bond donors (Lipinski definition) is 1. The van der Waals surface area contributed by atoms with Crippen molar-refractivity contribution in [2.45, 2.75) is 33.0 Å². The highest BCUT2D eigenvalue weighted by molar-refractivity contribution is 5.94. The zero-order chi connectivity index (χ0) is 18.0. The summed E-state index contributed by atoms with van der Waals surface area (Å²) in [6.45, 7) is 5.55. The minimum Gasteiger partial charge on any atom is -0.345 e. The number of rotatable bonds is 3. The van der Waals surface area contributed by atoms with Crippen LogP contribution in [0.25, 0.3) is 0 Å². The fraction of sp³-hybridized carbons (Fsp3) is 0.353. The standard InChI is InChI=1S/C17H18F3N3O/c1-16(2,3)14(23-15(24)12-7-8-21-22-10-12)11-5-4-6-13(9-11)17(18,19)20/h4-10,14H,1-3H3,(H,23,24). The van der Waals surface area contributed by atoms with Gasteiger partial charge in [0.2, 0.25) is 0 Å². The molecular formula is C17H18F3N3O. The Morgan fingerprint density at radius 2 is 1.83 bits per heavy atom. The molecule has 0 saturated heterocycles. The molecule has 1 aromatic carbocycles. The van der Waals surface area contributed by atoms with Crippen molar-refractivity contribution in [1.82, 2.24) is 15.5 Å². The first-order chi connectivity index (χ1) is 11.1. The Balaban J connectivity index is 2.35. The molecule has 0 radical (unpaired) electrons. The van der Waals surface area contributed by atoms with Crippen LogP contribution in [0.1, 0.15) is 48.3 Å². The summed E-state index contributed by atoms with van der Waals surface area (Å²) in [6, 6.07) is 5.90. The predicted octanol–water partition coefficient (Wildman–Crippen LogP) is 4.01. The van der Waals surface area contributed by atoms with Crippen LogP contribution in [0.4, 0.5) is 13.2 Å². The highest BCUT2D eigenvalue weighted by atomic mass is 19.4. The van der Waals surface area contributed by atoms with Gasteiger partial charge in [0.05, 0.1) is 29.6 Å². The van der Waals surface area contributed by atoms with Crippen LogP contribution in [0.15, 0.2) is 42.7 Å². The third kappa shape index (κ3) is 4.31. The van der Waals surface area contributed by atoms with E-state index in [-0.39, 0.29) is 0 Å². The molecule has 1 unspecified atom stereocenters. The van der Waals surface area contributed by atoms with Crippen LogP contribution in [0.5, 0.6) is 0 Å². The van der Waals surface area contributed by atoms with E-state index in [1.807, 2.05) is 20.8 Å². The maximum atomic E-state index is 13.0. The van der Waals surface area contributed by atoms with Crippen molar-refractivity contribution in [2.24, 2.45) is 5.41 Å². The zero-order valence-corrected chi connectivity index (χ0v) is 13.6. The number of halogens is 3. The van der Waals surface area contributed by atoms with Crippen molar-refractivity contribution in [3.05, 3.63) is 59.4 Å². The number of carbonyl (C=O) groups is 1. The van der Waals surface area contributed by atoms with Crippen LogP contribution in [-0.2, 0) is 6.18 Å². The van der Waals surface area contributed by atoms with Crippen LogP contribution in [0.2, 0.25) is 0 Å². The van der Waals surface area contributed by atoms with E-state index in [0.29, 0.717) is 11.1 Å². The van der Waals surface area contributed by atoms with Crippen LogP contribution < -0.4 is 5.32 Å². The average Bonchev–Trinajstić information content (AvgIpc) is 2.51. The SMILES string of the molecule is CC(C)(C)C(NC(=O)c1ccnnc1)c1cccc(C(F)(F)F)c1. The number of benzene rings is 1. The summed E-state index contributed by atoms with van der Waals surface area (Å²) < 4.78 is 38.9. The van der Waals surface area contributed by atoms with E-state index in [2.05, 4.69) is 15.5 Å². The monoisotopic (exact) mass is 337 g/mol. The van der Waals surface area contributed by atoms with Crippen molar-refractivity contribution in [3.63, 3.8) is 0 Å². The van der Waals surface area contributed by atoms with Crippen molar-refractivity contribution in [2.75, 3.05) is 0 Å². The number of nitrogens with one attached hydrogen (secondary N) is 1. The number of hydrogen-bond acceptors (Lipinski definition) is 3. The Labute approximate surface area is 138 Å². The lowest BCUT2D eigenvalue weighted by Crippen LogP contribution is -2.36. The summed E-state index contributed by atoms with van der Waals surface area (Å²) in [5.74, 6) is -0.415. The van der Waals surface area contributed by atoms with E-state index in [1.54, 1.807) is 6.07 Å². The maximum Gasteiger partial charge on any atom is 0.416 e. The Bertz CT molecular complexity index is 709. The van der Waals surface area contributed by atoms with Gasteiger partial charge in [0.25, 0.3) is 5.91 Å². The minimum absolute atomic E-state index is 0.297. The van der Waals surface area contributed by atoms with Crippen molar-refractivity contribution < 1.29 is 18.0 Å². The number of aromatic nitrogens is 2. The lowest BCUT2D eigenvalue weighted by Gasteiger charge is -2.32. The lowest BCUT2D eigenvalue weighted by atomic mass is 9.81. The van der Waals surface area contributed by atoms with Gasteiger partial charge in [-0.2, -0.15) is 23.4 Å². The molecule has 0 saturated carbocycles. The molecule has 4 nitrogen and oxygen atoms in total. The number of carbonyl (C=O) groups excluding carboxylic acids is 1. The molecule has 1 aromatic heterocycles. The summed E-state index contributed by atoms with van der Waals surface area (Å²) in [6.07, 6.45) is -1.75. The van der Waals surface area contributed by atoms with Crippen LogP contribution in [0, 0.1) is 5.41 Å². The molecule has 0 bridgehead atoms. The molecule has 0 fully saturated rings. The number of alkyl halides is 3. The average molecular weight is 337 g/mol. The summed E-state index contributed by atoms with van der Waals surface area (Å²) in [5, 5.41) is 10.0. The summed E-state index contributed by atoms with van der Waals surface area (Å²) in [5.41, 5.74) is -0.534. The third-order valence-electron chi connectivity index (χ3n) is 3.54. The van der Waals surface area contributed by atoms with E-state index >= 15 is 0 Å². The van der Waals surface area contributed by atoms with Gasteiger partial charge in [0.1, 0.15) is 0 Å². The largest absolute Gasteiger partial charge is 0.416 e. The molecule has 0 aliphatic rings. The van der Waals surface area contributed by atoms with E-state index in [9.17, 15) is 18.0 Å². The van der Waals surface area contributed by atoms with E-state index in [4.69, 9.17) is 0 Å². The molecule has 0 spiro atoms. The maximum absolute atomic E-state index is 13.0. The molecule has 1 atom stereocenters. The molecule has 1 heterocycles. The highest BCUT2D eigenvalue weighted by Gasteiger charge is 2.33. The first-order valence-corrected chi connectivity index (χ1v) is 7.34. The molecule has 1 N–H and O–H groups in total. The Morgan fingerprint density at radius 1 is 1.12 bits per heavy atom. The van der Waals surface area contributed by atoms with Crippen LogP contribution in [0.3, 0.4) is 0 Å². The molecule has 2 aromatic rings. The predicted molar refractivity (Wildman–Crippen MR) is 83.1 cm³/mol. The first kappa shape index (κ1) is 17.9. The van der Waals surface area contributed by atoms with Gasteiger partial charge in [-0.1, -0.05) is 32.9 Å².